The van der Waals surface area contributed by atoms with E-state index in [1.54, 1.807) is 0 Å². The Morgan fingerprint density at radius 3 is 2.47 bits per heavy atom. The number of amides is 1. The SMILES string of the molecule is Cc1cc(C(F)(F)F)cnc1C(=O)Nc1ccc2c(c1)[C@@]1(C)N=C(N)C(C)(C)S(=O)(=O)[C@]1(F)CCO2. The van der Waals surface area contributed by atoms with Gasteiger partial charge in [-0.25, -0.2) is 12.8 Å². The van der Waals surface area contributed by atoms with Gasteiger partial charge in [-0.2, -0.15) is 13.2 Å². The molecule has 1 aromatic carbocycles. The molecule has 1 aromatic heterocycles. The zero-order valence-corrected chi connectivity index (χ0v) is 20.6. The van der Waals surface area contributed by atoms with Gasteiger partial charge in [0.1, 0.15) is 27.6 Å². The first-order valence-corrected chi connectivity index (χ1v) is 12.4. The molecule has 0 fully saturated rings. The number of fused-ring (bicyclic) bond motifs is 3. The number of aryl methyl sites for hydroxylation is 1. The van der Waals surface area contributed by atoms with Crippen molar-refractivity contribution in [2.75, 3.05) is 11.9 Å². The van der Waals surface area contributed by atoms with Crippen LogP contribution in [0.3, 0.4) is 0 Å². The maximum Gasteiger partial charge on any atom is 0.417 e. The Morgan fingerprint density at radius 2 is 1.86 bits per heavy atom. The molecule has 0 aliphatic carbocycles. The van der Waals surface area contributed by atoms with Crippen molar-refractivity contribution in [1.82, 2.24) is 4.98 Å². The molecule has 0 saturated carbocycles. The lowest BCUT2D eigenvalue weighted by Crippen LogP contribution is -2.65. The van der Waals surface area contributed by atoms with Gasteiger partial charge in [0.15, 0.2) is 9.84 Å². The molecule has 0 spiro atoms. The number of halogens is 4. The lowest BCUT2D eigenvalue weighted by atomic mass is 9.84. The fourth-order valence-electron chi connectivity index (χ4n) is 4.47. The van der Waals surface area contributed by atoms with Crippen LogP contribution in [0.1, 0.15) is 54.4 Å². The molecule has 2 aliphatic rings. The Labute approximate surface area is 204 Å². The number of nitrogens with one attached hydrogen (secondary N) is 1. The second-order valence-electron chi connectivity index (χ2n) is 9.46. The number of hydrogen-bond donors (Lipinski definition) is 2. The van der Waals surface area contributed by atoms with Crippen molar-refractivity contribution in [3.8, 4) is 5.75 Å². The van der Waals surface area contributed by atoms with Gasteiger partial charge in [0.05, 0.1) is 12.2 Å². The summed E-state index contributed by atoms with van der Waals surface area (Å²) in [7, 11) is -4.53. The summed E-state index contributed by atoms with van der Waals surface area (Å²) in [5.74, 6) is -0.928. The van der Waals surface area contributed by atoms with Gasteiger partial charge in [-0.1, -0.05) is 0 Å². The molecular weight excluding hydrogens is 504 g/mol. The summed E-state index contributed by atoms with van der Waals surface area (Å²) in [5, 5.41) is -0.358. The van der Waals surface area contributed by atoms with Crippen molar-refractivity contribution in [1.29, 1.82) is 0 Å². The third kappa shape index (κ3) is 3.54. The number of sulfone groups is 1. The molecular formula is C23H24F4N4O4S. The van der Waals surface area contributed by atoms with E-state index in [2.05, 4.69) is 15.3 Å². The molecule has 2 aromatic rings. The zero-order valence-electron chi connectivity index (χ0n) is 19.8. The minimum atomic E-state index is -4.62. The molecule has 3 N–H and O–H groups in total. The lowest BCUT2D eigenvalue weighted by molar-refractivity contribution is -0.137. The molecule has 0 saturated heterocycles. The number of aromatic nitrogens is 1. The van der Waals surface area contributed by atoms with Gasteiger partial charge in [-0.3, -0.25) is 14.8 Å². The van der Waals surface area contributed by atoms with Crippen molar-refractivity contribution < 1.29 is 35.5 Å². The van der Waals surface area contributed by atoms with Gasteiger partial charge in [0.2, 0.25) is 5.00 Å². The molecule has 13 heteroatoms. The quantitative estimate of drug-likeness (QED) is 0.570. The number of rotatable bonds is 2. The highest BCUT2D eigenvalue weighted by atomic mass is 32.2. The van der Waals surface area contributed by atoms with E-state index in [1.807, 2.05) is 0 Å². The monoisotopic (exact) mass is 528 g/mol. The number of carbonyl (C=O) groups is 1. The topological polar surface area (TPSA) is 124 Å². The maximum absolute atomic E-state index is 16.6. The molecule has 194 valence electrons. The van der Waals surface area contributed by atoms with Crippen molar-refractivity contribution in [2.24, 2.45) is 10.7 Å². The third-order valence-electron chi connectivity index (χ3n) is 6.85. The van der Waals surface area contributed by atoms with Crippen molar-refractivity contribution in [3.63, 3.8) is 0 Å². The number of hydrogen-bond acceptors (Lipinski definition) is 7. The molecule has 3 heterocycles. The van der Waals surface area contributed by atoms with E-state index in [0.29, 0.717) is 6.20 Å². The number of pyridine rings is 1. The van der Waals surface area contributed by atoms with Crippen LogP contribution in [-0.4, -0.2) is 41.5 Å². The van der Waals surface area contributed by atoms with E-state index in [0.717, 1.165) is 6.07 Å². The largest absolute Gasteiger partial charge is 0.493 e. The standard InChI is InChI=1S/C23H24F4N4O4S/c1-12-9-13(23(25,26)27)11-29-17(12)18(32)30-14-5-6-16-15(10-14)21(4)22(24,7-8-35-16)36(33,34)20(2,3)19(28)31-21/h5-6,9-11H,7-8H2,1-4H3,(H2,28,31)(H,30,32)/t21-,22-/m1/s1. The van der Waals surface area contributed by atoms with E-state index < -0.39 is 49.2 Å². The first-order chi connectivity index (χ1) is 16.5. The summed E-state index contributed by atoms with van der Waals surface area (Å²) in [6.07, 6.45) is -4.57. The van der Waals surface area contributed by atoms with Crippen LogP contribution in [0.5, 0.6) is 5.75 Å². The van der Waals surface area contributed by atoms with Crippen LogP contribution < -0.4 is 15.8 Å². The number of ether oxygens (including phenoxy) is 1. The number of alkyl halides is 4. The number of benzene rings is 1. The summed E-state index contributed by atoms with van der Waals surface area (Å²) in [4.78, 5) is 20.7. The smallest absolute Gasteiger partial charge is 0.417 e. The number of aliphatic imine (C=N–C) groups is 1. The number of nitrogens with zero attached hydrogens (tertiary/aromatic N) is 2. The molecule has 2 aliphatic heterocycles. The molecule has 1 amide bonds. The van der Waals surface area contributed by atoms with Crippen molar-refractivity contribution >= 4 is 27.3 Å². The zero-order chi connectivity index (χ0) is 26.9. The summed E-state index contributed by atoms with van der Waals surface area (Å²) in [5.41, 5.74) is 2.90. The van der Waals surface area contributed by atoms with Gasteiger partial charge >= 0.3 is 6.18 Å². The van der Waals surface area contributed by atoms with Gasteiger partial charge in [-0.05, 0) is 57.5 Å². The Bertz CT molecular complexity index is 1410. The average molecular weight is 529 g/mol. The van der Waals surface area contributed by atoms with Gasteiger partial charge < -0.3 is 15.8 Å². The predicted molar refractivity (Wildman–Crippen MR) is 124 cm³/mol. The first kappa shape index (κ1) is 25.9. The number of amidine groups is 1. The van der Waals surface area contributed by atoms with Crippen molar-refractivity contribution in [3.05, 3.63) is 52.8 Å². The first-order valence-electron chi connectivity index (χ1n) is 10.9. The highest BCUT2D eigenvalue weighted by molar-refractivity contribution is 7.94. The molecule has 8 nitrogen and oxygen atoms in total. The van der Waals surface area contributed by atoms with Crippen LogP contribution in [0.25, 0.3) is 0 Å². The van der Waals surface area contributed by atoms with E-state index in [-0.39, 0.29) is 40.7 Å². The van der Waals surface area contributed by atoms with E-state index in [4.69, 9.17) is 10.5 Å². The van der Waals surface area contributed by atoms with Crippen LogP contribution in [0.15, 0.2) is 35.5 Å². The maximum atomic E-state index is 16.6. The Kier molecular flexibility index (Phi) is 5.67. The fraction of sp³-hybridized carbons (Fsp3) is 0.435. The molecule has 36 heavy (non-hydrogen) atoms. The summed E-state index contributed by atoms with van der Waals surface area (Å²) >= 11 is 0. The summed E-state index contributed by atoms with van der Waals surface area (Å²) < 4.78 is 86.1. The van der Waals surface area contributed by atoms with Crippen molar-refractivity contribution in [2.45, 2.75) is 55.6 Å². The average Bonchev–Trinajstić information content (AvgIpc) is 2.87. The Balaban J connectivity index is 1.78. The fourth-order valence-corrected chi connectivity index (χ4v) is 6.63. The summed E-state index contributed by atoms with van der Waals surface area (Å²) in [6, 6.07) is 4.97. The van der Waals surface area contributed by atoms with E-state index in [1.165, 1.54) is 45.9 Å². The highest BCUT2D eigenvalue weighted by Crippen LogP contribution is 2.55. The van der Waals surface area contributed by atoms with Gasteiger partial charge in [0.25, 0.3) is 5.91 Å². The number of anilines is 1. The third-order valence-corrected chi connectivity index (χ3v) is 9.86. The minimum Gasteiger partial charge on any atom is -0.493 e. The van der Waals surface area contributed by atoms with E-state index in [9.17, 15) is 26.4 Å². The van der Waals surface area contributed by atoms with E-state index >= 15 is 4.39 Å². The van der Waals surface area contributed by atoms with Crippen LogP contribution >= 0.6 is 0 Å². The normalized spacial score (nSPS) is 26.5. The van der Waals surface area contributed by atoms with Crippen LogP contribution in [0, 0.1) is 6.92 Å². The Morgan fingerprint density at radius 1 is 1.19 bits per heavy atom. The highest BCUT2D eigenvalue weighted by Gasteiger charge is 2.69. The second kappa shape index (κ2) is 7.89. The van der Waals surface area contributed by atoms with Crippen LogP contribution in [0.2, 0.25) is 0 Å². The molecule has 0 bridgehead atoms. The second-order valence-corrected chi connectivity index (χ2v) is 12.1. The molecule has 2 atom stereocenters. The molecule has 0 unspecified atom stereocenters. The molecule has 0 radical (unpaired) electrons. The lowest BCUT2D eigenvalue weighted by Gasteiger charge is -2.47. The van der Waals surface area contributed by atoms with Crippen LogP contribution in [0.4, 0.5) is 23.2 Å². The van der Waals surface area contributed by atoms with Gasteiger partial charge in [0, 0.05) is 23.9 Å². The number of carbonyl (C=O) groups excluding carboxylic acids is 1. The van der Waals surface area contributed by atoms with Gasteiger partial charge in [-0.15, -0.1) is 0 Å². The minimum absolute atomic E-state index is 0.00636. The predicted octanol–water partition coefficient (Wildman–Crippen LogP) is 3.89. The summed E-state index contributed by atoms with van der Waals surface area (Å²) in [6.45, 7) is 4.93. The Hall–Kier alpha value is -3.22. The van der Waals surface area contributed by atoms with Crippen LogP contribution in [-0.2, 0) is 21.6 Å². The molecule has 4 rings (SSSR count). The number of nitrogens with two attached hydrogens (primary N) is 1.